The molecule has 0 saturated heterocycles. The molecule has 3 atom stereocenters. The second kappa shape index (κ2) is 7.68. The molecule has 0 rings (SSSR count). The van der Waals surface area contributed by atoms with Crippen LogP contribution in [-0.2, 0) is 0 Å². The zero-order valence-electron chi connectivity index (χ0n) is 12.4. The molecule has 0 aliphatic carbocycles. The Labute approximate surface area is 107 Å². The highest BCUT2D eigenvalue weighted by atomic mass is 15.2. The molecule has 0 aromatic heterocycles. The van der Waals surface area contributed by atoms with Crippen LogP contribution in [0.25, 0.3) is 0 Å². The summed E-state index contributed by atoms with van der Waals surface area (Å²) in [5.41, 5.74) is -0.406. The molecule has 3 nitrogen and oxygen atoms in total. The fraction of sp³-hybridized carbons (Fsp3) is 0.929. The lowest BCUT2D eigenvalue weighted by Crippen LogP contribution is -2.48. The summed E-state index contributed by atoms with van der Waals surface area (Å²) in [4.78, 5) is 2.36. The van der Waals surface area contributed by atoms with E-state index in [9.17, 15) is 5.26 Å². The van der Waals surface area contributed by atoms with Crippen molar-refractivity contribution in [3.05, 3.63) is 0 Å². The minimum Gasteiger partial charge on any atom is -0.301 e. The third kappa shape index (κ3) is 5.52. The molecule has 0 aliphatic heterocycles. The molecular weight excluding hydrogens is 210 g/mol. The first kappa shape index (κ1) is 16.4. The second-order valence-electron chi connectivity index (χ2n) is 5.35. The van der Waals surface area contributed by atoms with Gasteiger partial charge >= 0.3 is 0 Å². The van der Waals surface area contributed by atoms with Crippen LogP contribution in [0, 0.1) is 11.3 Å². The first-order chi connectivity index (χ1) is 7.90. The van der Waals surface area contributed by atoms with Crippen molar-refractivity contribution in [2.24, 2.45) is 0 Å². The van der Waals surface area contributed by atoms with Crippen LogP contribution in [0.1, 0.15) is 53.9 Å². The molecule has 0 amide bonds. The van der Waals surface area contributed by atoms with Crippen molar-refractivity contribution in [1.29, 1.82) is 5.26 Å². The maximum absolute atomic E-state index is 9.31. The fourth-order valence-electron chi connectivity index (χ4n) is 2.02. The summed E-state index contributed by atoms with van der Waals surface area (Å²) in [6, 6.07) is 3.40. The van der Waals surface area contributed by atoms with E-state index in [1.165, 1.54) is 0 Å². The predicted octanol–water partition coefficient (Wildman–Crippen LogP) is 2.78. The Morgan fingerprint density at radius 3 is 2.29 bits per heavy atom. The second-order valence-corrected chi connectivity index (χ2v) is 5.35. The van der Waals surface area contributed by atoms with Crippen LogP contribution in [0.3, 0.4) is 0 Å². The topological polar surface area (TPSA) is 39.1 Å². The molecule has 0 aromatic carbocycles. The normalized spacial score (nSPS) is 18.5. The number of nitrogens with one attached hydrogen (secondary N) is 1. The maximum Gasteiger partial charge on any atom is 0.105 e. The Hall–Kier alpha value is -0.590. The standard InChI is InChI=1S/C14H29N3/c1-7-9-16-14(5,11-15)10-13(4)17(6)12(3)8-2/h12-13,16H,7-10H2,1-6H3. The van der Waals surface area contributed by atoms with Gasteiger partial charge in [0.1, 0.15) is 5.54 Å². The number of hydrogen-bond acceptors (Lipinski definition) is 3. The lowest BCUT2D eigenvalue weighted by atomic mass is 9.93. The van der Waals surface area contributed by atoms with Gasteiger partial charge in [-0.3, -0.25) is 5.32 Å². The Morgan fingerprint density at radius 1 is 1.29 bits per heavy atom. The highest BCUT2D eigenvalue weighted by Crippen LogP contribution is 2.17. The van der Waals surface area contributed by atoms with E-state index < -0.39 is 5.54 Å². The highest BCUT2D eigenvalue weighted by molar-refractivity contribution is 5.05. The van der Waals surface area contributed by atoms with Crippen LogP contribution >= 0.6 is 0 Å². The van der Waals surface area contributed by atoms with Crippen LogP contribution in [-0.4, -0.2) is 36.1 Å². The van der Waals surface area contributed by atoms with Gasteiger partial charge in [0.25, 0.3) is 0 Å². The monoisotopic (exact) mass is 239 g/mol. The lowest BCUT2D eigenvalue weighted by molar-refractivity contribution is 0.162. The maximum atomic E-state index is 9.31. The van der Waals surface area contributed by atoms with Gasteiger partial charge in [0.05, 0.1) is 6.07 Å². The van der Waals surface area contributed by atoms with Gasteiger partial charge in [-0.25, -0.2) is 0 Å². The molecule has 1 N–H and O–H groups in total. The van der Waals surface area contributed by atoms with Gasteiger partial charge in [0.2, 0.25) is 0 Å². The summed E-state index contributed by atoms with van der Waals surface area (Å²) in [5.74, 6) is 0. The molecule has 3 unspecified atom stereocenters. The average Bonchev–Trinajstić information content (AvgIpc) is 2.34. The summed E-state index contributed by atoms with van der Waals surface area (Å²) >= 11 is 0. The van der Waals surface area contributed by atoms with Gasteiger partial charge in [-0.2, -0.15) is 5.26 Å². The van der Waals surface area contributed by atoms with Gasteiger partial charge in [-0.1, -0.05) is 13.8 Å². The van der Waals surface area contributed by atoms with Gasteiger partial charge in [0, 0.05) is 12.1 Å². The Bertz CT molecular complexity index is 246. The van der Waals surface area contributed by atoms with Crippen LogP contribution in [0.2, 0.25) is 0 Å². The molecule has 100 valence electrons. The van der Waals surface area contributed by atoms with E-state index in [1.54, 1.807) is 0 Å². The Kier molecular flexibility index (Phi) is 7.41. The van der Waals surface area contributed by atoms with Gasteiger partial charge < -0.3 is 4.90 Å². The minimum atomic E-state index is -0.406. The van der Waals surface area contributed by atoms with E-state index in [2.05, 4.69) is 51.0 Å². The van der Waals surface area contributed by atoms with E-state index in [4.69, 9.17) is 0 Å². The number of rotatable bonds is 8. The predicted molar refractivity (Wildman–Crippen MR) is 73.9 cm³/mol. The van der Waals surface area contributed by atoms with E-state index in [-0.39, 0.29) is 0 Å². The molecule has 0 saturated carbocycles. The summed E-state index contributed by atoms with van der Waals surface area (Å²) in [6.45, 7) is 11.7. The van der Waals surface area contributed by atoms with Crippen LogP contribution in [0.4, 0.5) is 0 Å². The van der Waals surface area contributed by atoms with Crippen molar-refractivity contribution in [2.45, 2.75) is 71.5 Å². The van der Waals surface area contributed by atoms with Crippen molar-refractivity contribution in [2.75, 3.05) is 13.6 Å². The summed E-state index contributed by atoms with van der Waals surface area (Å²) in [6.07, 6.45) is 3.07. The molecule has 0 aromatic rings. The smallest absolute Gasteiger partial charge is 0.105 e. The van der Waals surface area contributed by atoms with Crippen LogP contribution in [0.5, 0.6) is 0 Å². The molecule has 0 aliphatic rings. The van der Waals surface area contributed by atoms with Crippen molar-refractivity contribution < 1.29 is 0 Å². The lowest BCUT2D eigenvalue weighted by Gasteiger charge is -2.35. The van der Waals surface area contributed by atoms with E-state index in [1.807, 2.05) is 6.92 Å². The minimum absolute atomic E-state index is 0.406. The molecule has 17 heavy (non-hydrogen) atoms. The number of hydrogen-bond donors (Lipinski definition) is 1. The molecule has 0 spiro atoms. The molecular formula is C14H29N3. The van der Waals surface area contributed by atoms with Crippen molar-refractivity contribution >= 4 is 0 Å². The van der Waals surface area contributed by atoms with Crippen LogP contribution in [0.15, 0.2) is 0 Å². The quantitative estimate of drug-likeness (QED) is 0.708. The third-order valence-electron chi connectivity index (χ3n) is 3.70. The largest absolute Gasteiger partial charge is 0.301 e. The fourth-order valence-corrected chi connectivity index (χ4v) is 2.02. The first-order valence-corrected chi connectivity index (χ1v) is 6.78. The van der Waals surface area contributed by atoms with Crippen molar-refractivity contribution in [3.8, 4) is 6.07 Å². The van der Waals surface area contributed by atoms with E-state index in [0.717, 1.165) is 25.8 Å². The third-order valence-corrected chi connectivity index (χ3v) is 3.70. The Morgan fingerprint density at radius 2 is 1.88 bits per heavy atom. The Balaban J connectivity index is 4.41. The molecule has 0 bridgehead atoms. The number of nitriles is 1. The first-order valence-electron chi connectivity index (χ1n) is 6.78. The van der Waals surface area contributed by atoms with Gasteiger partial charge in [-0.05, 0) is 53.6 Å². The molecule has 0 heterocycles. The summed E-state index contributed by atoms with van der Waals surface area (Å²) < 4.78 is 0. The zero-order chi connectivity index (χ0) is 13.5. The molecule has 3 heteroatoms. The summed E-state index contributed by atoms with van der Waals surface area (Å²) in [5, 5.41) is 12.7. The molecule has 0 radical (unpaired) electrons. The number of nitrogens with zero attached hydrogens (tertiary/aromatic N) is 2. The van der Waals surface area contributed by atoms with Gasteiger partial charge in [-0.15, -0.1) is 0 Å². The summed E-state index contributed by atoms with van der Waals surface area (Å²) in [7, 11) is 2.15. The SMILES string of the molecule is CCCNC(C)(C#N)CC(C)N(C)C(C)CC. The highest BCUT2D eigenvalue weighted by Gasteiger charge is 2.28. The van der Waals surface area contributed by atoms with Crippen molar-refractivity contribution in [3.63, 3.8) is 0 Å². The van der Waals surface area contributed by atoms with Crippen LogP contribution < -0.4 is 5.32 Å². The van der Waals surface area contributed by atoms with Crippen molar-refractivity contribution in [1.82, 2.24) is 10.2 Å². The van der Waals surface area contributed by atoms with E-state index >= 15 is 0 Å². The average molecular weight is 239 g/mol. The van der Waals surface area contributed by atoms with E-state index in [0.29, 0.717) is 12.1 Å². The van der Waals surface area contributed by atoms with Gasteiger partial charge in [0.15, 0.2) is 0 Å². The zero-order valence-corrected chi connectivity index (χ0v) is 12.4. The molecule has 0 fully saturated rings.